The first-order chi connectivity index (χ1) is 12.4. The Kier molecular flexibility index (Phi) is 3.16. The summed E-state index contributed by atoms with van der Waals surface area (Å²) in [6, 6.07) is 16.8. The molecule has 1 aromatic heterocycles. The van der Waals surface area contributed by atoms with E-state index in [4.69, 9.17) is 14.0 Å². The highest BCUT2D eigenvalue weighted by atomic mass is 16.7. The molecular formula is C21H22BNO3. The number of aromatic nitrogens is 1. The molecule has 2 aliphatic rings. The van der Waals surface area contributed by atoms with Crippen molar-refractivity contribution < 1.29 is 14.0 Å². The Balaban J connectivity index is 1.61. The average molecular weight is 347 g/mol. The van der Waals surface area contributed by atoms with Crippen LogP contribution in [0.1, 0.15) is 27.7 Å². The predicted octanol–water partition coefficient (Wildman–Crippen LogP) is 3.96. The van der Waals surface area contributed by atoms with Gasteiger partial charge in [0.1, 0.15) is 5.75 Å². The molecule has 0 radical (unpaired) electrons. The first-order valence-corrected chi connectivity index (χ1v) is 9.07. The number of benzene rings is 2. The van der Waals surface area contributed by atoms with Gasteiger partial charge in [-0.1, -0.05) is 24.3 Å². The van der Waals surface area contributed by atoms with Gasteiger partial charge in [-0.25, -0.2) is 0 Å². The van der Waals surface area contributed by atoms with Crippen molar-refractivity contribution >= 4 is 23.5 Å². The molecule has 0 spiro atoms. The summed E-state index contributed by atoms with van der Waals surface area (Å²) in [5.41, 5.74) is 3.77. The van der Waals surface area contributed by atoms with Gasteiger partial charge in [0, 0.05) is 10.9 Å². The number of para-hydroxylation sites is 1. The molecule has 1 fully saturated rings. The second-order valence-electron chi connectivity index (χ2n) is 8.13. The fourth-order valence-electron chi connectivity index (χ4n) is 3.71. The zero-order valence-electron chi connectivity index (χ0n) is 15.6. The van der Waals surface area contributed by atoms with Crippen molar-refractivity contribution in [3.8, 4) is 17.0 Å². The Morgan fingerprint density at radius 2 is 1.65 bits per heavy atom. The number of rotatable bonds is 1. The standard InChI is InChI=1S/C21H22BNO3/c1-20(2)21(3,4)26-22(25-20)15-9-10-19-16(12-15)18-11-14-7-5-6-8-17(14)23(18)13-24-19/h5-12H,13H2,1-4H3. The summed E-state index contributed by atoms with van der Waals surface area (Å²) in [6.45, 7) is 8.84. The van der Waals surface area contributed by atoms with Crippen LogP contribution in [-0.4, -0.2) is 22.9 Å². The fourth-order valence-corrected chi connectivity index (χ4v) is 3.71. The fraction of sp³-hybridized carbons (Fsp3) is 0.333. The van der Waals surface area contributed by atoms with E-state index in [9.17, 15) is 0 Å². The maximum absolute atomic E-state index is 6.22. The van der Waals surface area contributed by atoms with Gasteiger partial charge in [0.15, 0.2) is 6.73 Å². The predicted molar refractivity (Wildman–Crippen MR) is 104 cm³/mol. The molecule has 5 heteroatoms. The van der Waals surface area contributed by atoms with Crippen LogP contribution < -0.4 is 10.2 Å². The van der Waals surface area contributed by atoms with E-state index in [1.165, 1.54) is 16.6 Å². The van der Waals surface area contributed by atoms with E-state index in [0.29, 0.717) is 6.73 Å². The summed E-state index contributed by atoms with van der Waals surface area (Å²) in [5, 5.41) is 1.22. The van der Waals surface area contributed by atoms with Crippen LogP contribution in [0, 0.1) is 0 Å². The minimum Gasteiger partial charge on any atom is -0.472 e. The molecule has 132 valence electrons. The van der Waals surface area contributed by atoms with Gasteiger partial charge in [0.25, 0.3) is 0 Å². The van der Waals surface area contributed by atoms with Crippen molar-refractivity contribution in [1.29, 1.82) is 0 Å². The van der Waals surface area contributed by atoms with E-state index >= 15 is 0 Å². The van der Waals surface area contributed by atoms with Crippen LogP contribution in [0.25, 0.3) is 22.2 Å². The Labute approximate surface area is 153 Å². The molecule has 0 N–H and O–H groups in total. The lowest BCUT2D eigenvalue weighted by Gasteiger charge is -2.32. The van der Waals surface area contributed by atoms with Crippen molar-refractivity contribution in [3.63, 3.8) is 0 Å². The van der Waals surface area contributed by atoms with E-state index in [0.717, 1.165) is 16.8 Å². The monoisotopic (exact) mass is 347 g/mol. The summed E-state index contributed by atoms with van der Waals surface area (Å²) in [4.78, 5) is 0. The summed E-state index contributed by atoms with van der Waals surface area (Å²) in [7, 11) is -0.370. The second kappa shape index (κ2) is 5.15. The third-order valence-electron chi connectivity index (χ3n) is 5.96. The third-order valence-corrected chi connectivity index (χ3v) is 5.96. The molecule has 26 heavy (non-hydrogen) atoms. The van der Waals surface area contributed by atoms with Crippen molar-refractivity contribution in [3.05, 3.63) is 48.5 Å². The van der Waals surface area contributed by atoms with E-state index in [-0.39, 0.29) is 18.3 Å². The lowest BCUT2D eigenvalue weighted by molar-refractivity contribution is 0.00578. The highest BCUT2D eigenvalue weighted by Crippen LogP contribution is 2.39. The summed E-state index contributed by atoms with van der Waals surface area (Å²) in [6.07, 6.45) is 0. The Bertz CT molecular complexity index is 1010. The zero-order chi connectivity index (χ0) is 18.1. The molecule has 2 aromatic carbocycles. The quantitative estimate of drug-likeness (QED) is 0.625. The molecule has 0 amide bonds. The van der Waals surface area contributed by atoms with Gasteiger partial charge in [-0.3, -0.25) is 0 Å². The smallest absolute Gasteiger partial charge is 0.472 e. The lowest BCUT2D eigenvalue weighted by Crippen LogP contribution is -2.41. The van der Waals surface area contributed by atoms with Crippen LogP contribution in [0.15, 0.2) is 48.5 Å². The maximum Gasteiger partial charge on any atom is 0.494 e. The summed E-state index contributed by atoms with van der Waals surface area (Å²) in [5.74, 6) is 0.903. The van der Waals surface area contributed by atoms with E-state index in [1.807, 2.05) is 12.1 Å². The molecule has 2 aliphatic heterocycles. The summed E-state index contributed by atoms with van der Waals surface area (Å²) < 4.78 is 20.6. The van der Waals surface area contributed by atoms with Crippen molar-refractivity contribution in [2.45, 2.75) is 45.6 Å². The molecule has 1 saturated heterocycles. The normalized spacial score (nSPS) is 19.9. The third kappa shape index (κ3) is 2.17. The van der Waals surface area contributed by atoms with Crippen molar-refractivity contribution in [2.24, 2.45) is 0 Å². The molecule has 0 unspecified atom stereocenters. The molecule has 5 rings (SSSR count). The largest absolute Gasteiger partial charge is 0.494 e. The van der Waals surface area contributed by atoms with Crippen molar-refractivity contribution in [2.75, 3.05) is 0 Å². The van der Waals surface area contributed by atoms with Crippen LogP contribution in [0.4, 0.5) is 0 Å². The average Bonchev–Trinajstić information content (AvgIpc) is 3.09. The Hall–Kier alpha value is -2.24. The van der Waals surface area contributed by atoms with Crippen LogP contribution in [0.3, 0.4) is 0 Å². The molecular weight excluding hydrogens is 325 g/mol. The van der Waals surface area contributed by atoms with Gasteiger partial charge in [-0.15, -0.1) is 0 Å². The number of fused-ring (bicyclic) bond motifs is 5. The van der Waals surface area contributed by atoms with Crippen LogP contribution in [0.2, 0.25) is 0 Å². The maximum atomic E-state index is 6.22. The second-order valence-corrected chi connectivity index (χ2v) is 8.13. The molecule has 0 aliphatic carbocycles. The number of hydrogen-bond acceptors (Lipinski definition) is 3. The van der Waals surface area contributed by atoms with Gasteiger partial charge in [-0.2, -0.15) is 0 Å². The number of ether oxygens (including phenoxy) is 1. The van der Waals surface area contributed by atoms with Gasteiger partial charge in [0.05, 0.1) is 22.4 Å². The first-order valence-electron chi connectivity index (χ1n) is 9.07. The molecule has 0 saturated carbocycles. The van der Waals surface area contributed by atoms with Gasteiger partial charge in [-0.05, 0) is 57.4 Å². The molecule has 0 atom stereocenters. The molecule has 3 heterocycles. The number of hydrogen-bond donors (Lipinski definition) is 0. The van der Waals surface area contributed by atoms with Crippen molar-refractivity contribution in [1.82, 2.24) is 4.57 Å². The van der Waals surface area contributed by atoms with Crippen LogP contribution in [-0.2, 0) is 16.0 Å². The Morgan fingerprint density at radius 1 is 0.923 bits per heavy atom. The summed E-state index contributed by atoms with van der Waals surface area (Å²) >= 11 is 0. The van der Waals surface area contributed by atoms with Gasteiger partial charge < -0.3 is 18.6 Å². The molecule has 4 nitrogen and oxygen atoms in total. The zero-order valence-corrected chi connectivity index (χ0v) is 15.6. The van der Waals surface area contributed by atoms with Crippen LogP contribution >= 0.6 is 0 Å². The van der Waals surface area contributed by atoms with Gasteiger partial charge >= 0.3 is 7.12 Å². The topological polar surface area (TPSA) is 32.6 Å². The molecule has 3 aromatic rings. The van der Waals surface area contributed by atoms with Crippen LogP contribution in [0.5, 0.6) is 5.75 Å². The van der Waals surface area contributed by atoms with E-state index < -0.39 is 0 Å². The molecule has 0 bridgehead atoms. The Morgan fingerprint density at radius 3 is 2.42 bits per heavy atom. The highest BCUT2D eigenvalue weighted by Gasteiger charge is 2.51. The van der Waals surface area contributed by atoms with E-state index in [2.05, 4.69) is 68.7 Å². The lowest BCUT2D eigenvalue weighted by atomic mass is 9.78. The minimum atomic E-state index is -0.370. The van der Waals surface area contributed by atoms with E-state index in [1.54, 1.807) is 0 Å². The highest BCUT2D eigenvalue weighted by molar-refractivity contribution is 6.62. The minimum absolute atomic E-state index is 0.348. The van der Waals surface area contributed by atoms with Gasteiger partial charge in [0.2, 0.25) is 0 Å². The number of nitrogens with zero attached hydrogens (tertiary/aromatic N) is 1. The SMILES string of the molecule is CC1(C)OB(c2ccc3c(c2)-c2cc4ccccc4n2CO3)OC1(C)C. The first kappa shape index (κ1) is 16.0.